The normalized spacial score (nSPS) is 18.8. The van der Waals surface area contributed by atoms with Crippen molar-refractivity contribution >= 4 is 48.0 Å². The van der Waals surface area contributed by atoms with Crippen molar-refractivity contribution in [3.05, 3.63) is 24.3 Å². The van der Waals surface area contributed by atoms with Crippen molar-refractivity contribution in [3.8, 4) is 0 Å². The SMILES string of the molecule is CC(NC(=O)C1(N)CCCC1)C(=O)Nc1cccc(N2CCCC2)c1.Cl.Cl. The maximum atomic E-state index is 12.4. The number of nitrogens with one attached hydrogen (secondary N) is 2. The zero-order valence-corrected chi connectivity index (χ0v) is 17.3. The van der Waals surface area contributed by atoms with Crippen molar-refractivity contribution in [2.24, 2.45) is 5.73 Å². The number of carbonyl (C=O) groups is 2. The maximum Gasteiger partial charge on any atom is 0.246 e. The van der Waals surface area contributed by atoms with Crippen molar-refractivity contribution < 1.29 is 9.59 Å². The molecule has 1 aromatic carbocycles. The Bertz CT molecular complexity index is 644. The molecule has 1 aliphatic carbocycles. The fourth-order valence-electron chi connectivity index (χ4n) is 3.65. The molecule has 0 bridgehead atoms. The first-order valence-corrected chi connectivity index (χ1v) is 9.24. The summed E-state index contributed by atoms with van der Waals surface area (Å²) in [5.41, 5.74) is 7.20. The molecule has 3 rings (SSSR count). The number of rotatable bonds is 5. The Morgan fingerprint density at radius 2 is 1.74 bits per heavy atom. The largest absolute Gasteiger partial charge is 0.371 e. The van der Waals surface area contributed by atoms with Crippen molar-refractivity contribution in [1.82, 2.24) is 5.32 Å². The Labute approximate surface area is 173 Å². The monoisotopic (exact) mass is 416 g/mol. The summed E-state index contributed by atoms with van der Waals surface area (Å²) in [4.78, 5) is 27.1. The van der Waals surface area contributed by atoms with Crippen LogP contribution in [0.4, 0.5) is 11.4 Å². The van der Waals surface area contributed by atoms with Crippen LogP contribution in [0, 0.1) is 0 Å². The van der Waals surface area contributed by atoms with Gasteiger partial charge in [0.15, 0.2) is 0 Å². The van der Waals surface area contributed by atoms with Gasteiger partial charge in [0.05, 0.1) is 5.54 Å². The minimum absolute atomic E-state index is 0. The molecule has 1 saturated heterocycles. The van der Waals surface area contributed by atoms with Gasteiger partial charge in [0.2, 0.25) is 11.8 Å². The van der Waals surface area contributed by atoms with Crippen LogP contribution >= 0.6 is 24.8 Å². The van der Waals surface area contributed by atoms with E-state index in [9.17, 15) is 9.59 Å². The van der Waals surface area contributed by atoms with Crippen molar-refractivity contribution in [1.29, 1.82) is 0 Å². The van der Waals surface area contributed by atoms with Gasteiger partial charge >= 0.3 is 0 Å². The van der Waals surface area contributed by atoms with Crippen LogP contribution in [0.25, 0.3) is 0 Å². The molecule has 2 aliphatic rings. The summed E-state index contributed by atoms with van der Waals surface area (Å²) in [6.07, 6.45) is 5.72. The van der Waals surface area contributed by atoms with Crippen LogP contribution in [0.3, 0.4) is 0 Å². The Kier molecular flexibility index (Phi) is 8.85. The molecule has 1 heterocycles. The van der Waals surface area contributed by atoms with Gasteiger partial charge in [-0.3, -0.25) is 9.59 Å². The highest BCUT2D eigenvalue weighted by Crippen LogP contribution is 2.27. The average Bonchev–Trinajstić information content (AvgIpc) is 3.27. The van der Waals surface area contributed by atoms with Gasteiger partial charge in [0, 0.05) is 24.5 Å². The van der Waals surface area contributed by atoms with E-state index in [1.807, 2.05) is 18.2 Å². The molecule has 8 heteroatoms. The van der Waals surface area contributed by atoms with Gasteiger partial charge in [-0.25, -0.2) is 0 Å². The van der Waals surface area contributed by atoms with E-state index in [0.29, 0.717) is 12.8 Å². The predicted octanol–water partition coefficient (Wildman–Crippen LogP) is 2.85. The van der Waals surface area contributed by atoms with Gasteiger partial charge in [-0.1, -0.05) is 18.9 Å². The molecule has 6 nitrogen and oxygen atoms in total. The summed E-state index contributed by atoms with van der Waals surface area (Å²) in [6.45, 7) is 3.81. The van der Waals surface area contributed by atoms with Gasteiger partial charge in [-0.2, -0.15) is 0 Å². The van der Waals surface area contributed by atoms with E-state index in [-0.39, 0.29) is 36.6 Å². The lowest BCUT2D eigenvalue weighted by Gasteiger charge is -2.25. The molecule has 0 spiro atoms. The van der Waals surface area contributed by atoms with Gasteiger partial charge in [-0.05, 0) is 50.8 Å². The Morgan fingerprint density at radius 3 is 2.37 bits per heavy atom. The Balaban J connectivity index is 0.00000182. The van der Waals surface area contributed by atoms with E-state index in [0.717, 1.165) is 37.3 Å². The second-order valence-corrected chi connectivity index (χ2v) is 7.29. The van der Waals surface area contributed by atoms with Crippen molar-refractivity contribution in [3.63, 3.8) is 0 Å². The standard InChI is InChI=1S/C19H28N4O2.2ClH/c1-14(21-18(25)19(20)9-2-3-10-19)17(24)22-15-7-6-8-16(13-15)23-11-4-5-12-23;;/h6-8,13-14H,2-5,9-12,20H2,1H3,(H,21,25)(H,22,24);2*1H. The number of hydrogen-bond donors (Lipinski definition) is 3. The number of nitrogens with two attached hydrogens (primary N) is 1. The summed E-state index contributed by atoms with van der Waals surface area (Å²) in [5, 5.41) is 5.66. The highest BCUT2D eigenvalue weighted by Gasteiger charge is 2.38. The first-order valence-electron chi connectivity index (χ1n) is 9.24. The molecule has 2 amide bonds. The van der Waals surface area contributed by atoms with Crippen LogP contribution in [0.1, 0.15) is 45.4 Å². The highest BCUT2D eigenvalue weighted by atomic mass is 35.5. The molecule has 1 saturated carbocycles. The molecular weight excluding hydrogens is 387 g/mol. The first-order chi connectivity index (χ1) is 12.0. The molecule has 0 aromatic heterocycles. The van der Waals surface area contributed by atoms with Crippen LogP contribution in [0.2, 0.25) is 0 Å². The molecule has 4 N–H and O–H groups in total. The quantitative estimate of drug-likeness (QED) is 0.688. The fraction of sp³-hybridized carbons (Fsp3) is 0.579. The number of nitrogens with zero attached hydrogens (tertiary/aromatic N) is 1. The Hall–Kier alpha value is -1.50. The zero-order valence-electron chi connectivity index (χ0n) is 15.7. The van der Waals surface area contributed by atoms with Crippen molar-refractivity contribution in [2.75, 3.05) is 23.3 Å². The average molecular weight is 417 g/mol. The summed E-state index contributed by atoms with van der Waals surface area (Å²) in [7, 11) is 0. The van der Waals surface area contributed by atoms with E-state index >= 15 is 0 Å². The molecule has 1 aromatic rings. The number of anilines is 2. The van der Waals surface area contributed by atoms with Gasteiger partial charge in [0.1, 0.15) is 6.04 Å². The van der Waals surface area contributed by atoms with E-state index in [2.05, 4.69) is 21.6 Å². The zero-order chi connectivity index (χ0) is 17.9. The van der Waals surface area contributed by atoms with Crippen LogP contribution in [-0.4, -0.2) is 36.5 Å². The number of carbonyl (C=O) groups excluding carboxylic acids is 2. The molecule has 2 fully saturated rings. The summed E-state index contributed by atoms with van der Waals surface area (Å²) < 4.78 is 0. The number of hydrogen-bond acceptors (Lipinski definition) is 4. The van der Waals surface area contributed by atoms with Crippen molar-refractivity contribution in [2.45, 2.75) is 57.0 Å². The van der Waals surface area contributed by atoms with Crippen LogP contribution in [0.15, 0.2) is 24.3 Å². The summed E-state index contributed by atoms with van der Waals surface area (Å²) in [6, 6.07) is 7.24. The lowest BCUT2D eigenvalue weighted by molar-refractivity contribution is -0.129. The molecule has 152 valence electrons. The third-order valence-electron chi connectivity index (χ3n) is 5.27. The molecular formula is C19H30Cl2N4O2. The third-order valence-corrected chi connectivity index (χ3v) is 5.27. The van der Waals surface area contributed by atoms with Gasteiger partial charge < -0.3 is 21.3 Å². The fourth-order valence-corrected chi connectivity index (χ4v) is 3.65. The van der Waals surface area contributed by atoms with Gasteiger partial charge in [0.25, 0.3) is 0 Å². The lowest BCUT2D eigenvalue weighted by atomic mass is 9.97. The van der Waals surface area contributed by atoms with Crippen LogP contribution < -0.4 is 21.3 Å². The van der Waals surface area contributed by atoms with E-state index in [4.69, 9.17) is 5.73 Å². The van der Waals surface area contributed by atoms with E-state index in [1.165, 1.54) is 12.8 Å². The molecule has 27 heavy (non-hydrogen) atoms. The third kappa shape index (κ3) is 5.74. The lowest BCUT2D eigenvalue weighted by Crippen LogP contribution is -2.56. The first kappa shape index (κ1) is 23.5. The molecule has 0 radical (unpaired) electrons. The van der Waals surface area contributed by atoms with E-state index in [1.54, 1.807) is 6.92 Å². The van der Waals surface area contributed by atoms with Crippen LogP contribution in [-0.2, 0) is 9.59 Å². The van der Waals surface area contributed by atoms with E-state index < -0.39 is 11.6 Å². The minimum Gasteiger partial charge on any atom is -0.371 e. The Morgan fingerprint density at radius 1 is 1.11 bits per heavy atom. The van der Waals surface area contributed by atoms with Crippen LogP contribution in [0.5, 0.6) is 0 Å². The molecule has 1 aliphatic heterocycles. The molecule has 1 unspecified atom stereocenters. The summed E-state index contributed by atoms with van der Waals surface area (Å²) >= 11 is 0. The second kappa shape index (κ2) is 10.2. The smallest absolute Gasteiger partial charge is 0.246 e. The maximum absolute atomic E-state index is 12.4. The molecule has 1 atom stereocenters. The predicted molar refractivity (Wildman–Crippen MR) is 114 cm³/mol. The topological polar surface area (TPSA) is 87.5 Å². The summed E-state index contributed by atoms with van der Waals surface area (Å²) in [5.74, 6) is -0.452. The number of benzene rings is 1. The minimum atomic E-state index is -0.815. The number of halogens is 2. The highest BCUT2D eigenvalue weighted by molar-refractivity contribution is 5.98. The van der Waals surface area contributed by atoms with Gasteiger partial charge in [-0.15, -0.1) is 24.8 Å². The second-order valence-electron chi connectivity index (χ2n) is 7.29. The number of amides is 2.